The second-order valence-electron chi connectivity index (χ2n) is 3.63. The van der Waals surface area contributed by atoms with Crippen molar-refractivity contribution in [2.24, 2.45) is 5.92 Å². The van der Waals surface area contributed by atoms with Gasteiger partial charge in [0.1, 0.15) is 0 Å². The van der Waals surface area contributed by atoms with Crippen LogP contribution in [0.2, 0.25) is 0 Å². The molecule has 15 heavy (non-hydrogen) atoms. The van der Waals surface area contributed by atoms with Crippen molar-refractivity contribution in [3.05, 3.63) is 35.9 Å². The minimum atomic E-state index is -0.252. The van der Waals surface area contributed by atoms with E-state index in [-0.39, 0.29) is 9.20 Å². The van der Waals surface area contributed by atoms with Crippen LogP contribution in [0.5, 0.6) is 0 Å². The van der Waals surface area contributed by atoms with Crippen LogP contribution in [0.1, 0.15) is 16.8 Å². The van der Waals surface area contributed by atoms with Crippen LogP contribution in [-0.4, -0.2) is 15.8 Å². The van der Waals surface area contributed by atoms with E-state index in [4.69, 9.17) is 4.74 Å². The number of benzene rings is 1. The second kappa shape index (κ2) is 4.26. The molecule has 0 N–H and O–H groups in total. The molecule has 0 saturated heterocycles. The quantitative estimate of drug-likeness (QED) is 0.626. The van der Waals surface area contributed by atoms with Crippen LogP contribution >= 0.6 is 31.9 Å². The lowest BCUT2D eigenvalue weighted by molar-refractivity contribution is 0.0486. The molecule has 2 rings (SSSR count). The number of rotatable bonds is 3. The van der Waals surface area contributed by atoms with E-state index in [1.54, 1.807) is 12.1 Å². The van der Waals surface area contributed by atoms with Gasteiger partial charge in [-0.25, -0.2) is 4.79 Å². The minimum absolute atomic E-state index is 0.00301. The summed E-state index contributed by atoms with van der Waals surface area (Å²) in [7, 11) is 0. The molecule has 80 valence electrons. The lowest BCUT2D eigenvalue weighted by Crippen LogP contribution is -2.09. The summed E-state index contributed by atoms with van der Waals surface area (Å²) in [5.74, 6) is 0.128. The van der Waals surface area contributed by atoms with Crippen molar-refractivity contribution in [3.8, 4) is 0 Å². The van der Waals surface area contributed by atoms with Crippen molar-refractivity contribution < 1.29 is 9.53 Å². The normalized spacial score (nSPS) is 22.1. The maximum atomic E-state index is 11.5. The molecule has 1 atom stereocenters. The van der Waals surface area contributed by atoms with Gasteiger partial charge in [-0.3, -0.25) is 0 Å². The molecule has 1 aromatic rings. The van der Waals surface area contributed by atoms with Crippen LogP contribution in [0.25, 0.3) is 0 Å². The highest BCUT2D eigenvalue weighted by Crippen LogP contribution is 2.56. The Bertz CT molecular complexity index is 362. The first-order valence-corrected chi connectivity index (χ1v) is 6.28. The zero-order valence-electron chi connectivity index (χ0n) is 7.95. The molecule has 0 spiro atoms. The summed E-state index contributed by atoms with van der Waals surface area (Å²) in [4.78, 5) is 11.5. The molecule has 1 aromatic carbocycles. The number of alkyl halides is 2. The van der Waals surface area contributed by atoms with E-state index >= 15 is 0 Å². The van der Waals surface area contributed by atoms with Crippen LogP contribution in [0.4, 0.5) is 0 Å². The van der Waals surface area contributed by atoms with Gasteiger partial charge >= 0.3 is 5.97 Å². The summed E-state index contributed by atoms with van der Waals surface area (Å²) >= 11 is 6.97. The van der Waals surface area contributed by atoms with Gasteiger partial charge in [-0.05, 0) is 18.6 Å². The molecule has 2 nitrogen and oxygen atoms in total. The molecule has 1 aliphatic carbocycles. The second-order valence-corrected chi connectivity index (χ2v) is 7.52. The van der Waals surface area contributed by atoms with Crippen LogP contribution in [0.15, 0.2) is 30.3 Å². The Balaban J connectivity index is 1.84. The zero-order chi connectivity index (χ0) is 10.9. The molecule has 1 unspecified atom stereocenters. The number of carbonyl (C=O) groups excluding carboxylic acids is 1. The Hall–Kier alpha value is -0.350. The summed E-state index contributed by atoms with van der Waals surface area (Å²) < 4.78 is 5.19. The summed E-state index contributed by atoms with van der Waals surface area (Å²) in [6, 6.07) is 9.04. The summed E-state index contributed by atoms with van der Waals surface area (Å²) in [5.41, 5.74) is 0.605. The topological polar surface area (TPSA) is 26.3 Å². The van der Waals surface area contributed by atoms with E-state index in [2.05, 4.69) is 31.9 Å². The predicted octanol–water partition coefficient (Wildman–Crippen LogP) is 3.35. The minimum Gasteiger partial charge on any atom is -0.462 e. The van der Waals surface area contributed by atoms with E-state index in [1.165, 1.54) is 0 Å². The zero-order valence-corrected chi connectivity index (χ0v) is 11.1. The molecule has 0 heterocycles. The number of hydrogen-bond donors (Lipinski definition) is 0. The van der Waals surface area contributed by atoms with Crippen molar-refractivity contribution in [2.45, 2.75) is 9.65 Å². The summed E-state index contributed by atoms with van der Waals surface area (Å²) in [6.07, 6.45) is 0.995. The Labute approximate surface area is 105 Å². The van der Waals surface area contributed by atoms with Crippen molar-refractivity contribution in [2.75, 3.05) is 6.61 Å². The average molecular weight is 334 g/mol. The van der Waals surface area contributed by atoms with Gasteiger partial charge in [-0.1, -0.05) is 50.1 Å². The molecule has 1 aliphatic rings. The molecule has 4 heteroatoms. The van der Waals surface area contributed by atoms with Gasteiger partial charge < -0.3 is 4.74 Å². The number of esters is 1. The Morgan fingerprint density at radius 1 is 1.40 bits per heavy atom. The fourth-order valence-corrected chi connectivity index (χ4v) is 2.33. The standard InChI is InChI=1S/C11H10Br2O2/c12-11(13)6-9(11)7-15-10(14)8-4-2-1-3-5-8/h1-5,9H,6-7H2. The van der Waals surface area contributed by atoms with E-state index in [1.807, 2.05) is 18.2 Å². The molecule has 0 bridgehead atoms. The van der Waals surface area contributed by atoms with E-state index in [0.717, 1.165) is 6.42 Å². The third-order valence-corrected chi connectivity index (χ3v) is 4.32. The molecule has 0 aliphatic heterocycles. The van der Waals surface area contributed by atoms with Crippen LogP contribution < -0.4 is 0 Å². The first kappa shape index (κ1) is 11.1. The van der Waals surface area contributed by atoms with Crippen molar-refractivity contribution in [1.29, 1.82) is 0 Å². The van der Waals surface area contributed by atoms with Gasteiger partial charge in [0.2, 0.25) is 0 Å². The molecular weight excluding hydrogens is 324 g/mol. The number of ether oxygens (including phenoxy) is 1. The van der Waals surface area contributed by atoms with E-state index in [9.17, 15) is 4.79 Å². The SMILES string of the molecule is O=C(OCC1CC1(Br)Br)c1ccccc1. The maximum Gasteiger partial charge on any atom is 0.338 e. The Morgan fingerprint density at radius 3 is 2.53 bits per heavy atom. The summed E-state index contributed by atoms with van der Waals surface area (Å²) in [6.45, 7) is 0.463. The monoisotopic (exact) mass is 332 g/mol. The predicted molar refractivity (Wildman–Crippen MR) is 65.4 cm³/mol. The Kier molecular flexibility index (Phi) is 3.16. The molecule has 0 amide bonds. The third-order valence-electron chi connectivity index (χ3n) is 2.38. The molecule has 1 saturated carbocycles. The first-order valence-electron chi connectivity index (χ1n) is 4.69. The van der Waals surface area contributed by atoms with Gasteiger partial charge in [-0.15, -0.1) is 0 Å². The fraction of sp³-hybridized carbons (Fsp3) is 0.364. The van der Waals surface area contributed by atoms with Gasteiger partial charge in [0.05, 0.1) is 15.4 Å². The molecule has 1 fully saturated rings. The Morgan fingerprint density at radius 2 is 2.00 bits per heavy atom. The van der Waals surface area contributed by atoms with E-state index < -0.39 is 0 Å². The highest BCUT2D eigenvalue weighted by Gasteiger charge is 2.50. The third kappa shape index (κ3) is 2.82. The van der Waals surface area contributed by atoms with Crippen molar-refractivity contribution in [3.63, 3.8) is 0 Å². The van der Waals surface area contributed by atoms with Crippen LogP contribution in [0.3, 0.4) is 0 Å². The maximum absolute atomic E-state index is 11.5. The molecule has 0 radical (unpaired) electrons. The lowest BCUT2D eigenvalue weighted by Gasteiger charge is -2.04. The average Bonchev–Trinajstić information content (AvgIpc) is 2.84. The highest BCUT2D eigenvalue weighted by atomic mass is 79.9. The van der Waals surface area contributed by atoms with Crippen LogP contribution in [0, 0.1) is 5.92 Å². The first-order chi connectivity index (χ1) is 7.09. The van der Waals surface area contributed by atoms with Crippen LogP contribution in [-0.2, 0) is 4.74 Å². The number of carbonyl (C=O) groups is 1. The largest absolute Gasteiger partial charge is 0.462 e. The fourth-order valence-electron chi connectivity index (χ4n) is 1.28. The molecule has 0 aromatic heterocycles. The molecular formula is C11H10Br2O2. The van der Waals surface area contributed by atoms with Gasteiger partial charge in [0, 0.05) is 5.92 Å². The highest BCUT2D eigenvalue weighted by molar-refractivity contribution is 9.25. The lowest BCUT2D eigenvalue weighted by atomic mass is 10.2. The number of halogens is 2. The van der Waals surface area contributed by atoms with Crippen molar-refractivity contribution >= 4 is 37.8 Å². The summed E-state index contributed by atoms with van der Waals surface area (Å²) in [5, 5.41) is 0. The van der Waals surface area contributed by atoms with E-state index in [0.29, 0.717) is 18.1 Å². The smallest absolute Gasteiger partial charge is 0.338 e. The van der Waals surface area contributed by atoms with Gasteiger partial charge in [0.25, 0.3) is 0 Å². The number of hydrogen-bond acceptors (Lipinski definition) is 2. The van der Waals surface area contributed by atoms with Crippen molar-refractivity contribution in [1.82, 2.24) is 0 Å². The van der Waals surface area contributed by atoms with Gasteiger partial charge in [-0.2, -0.15) is 0 Å². The van der Waals surface area contributed by atoms with Gasteiger partial charge in [0.15, 0.2) is 0 Å².